The smallest absolute Gasteiger partial charge is 0.123 e. The zero-order valence-electron chi connectivity index (χ0n) is 12.3. The van der Waals surface area contributed by atoms with Crippen LogP contribution in [0.4, 0.5) is 0 Å². The first-order valence-corrected chi connectivity index (χ1v) is 7.28. The van der Waals surface area contributed by atoms with Crippen molar-refractivity contribution in [2.45, 2.75) is 45.2 Å². The largest absolute Gasteiger partial charge is 0.497 e. The van der Waals surface area contributed by atoms with Crippen molar-refractivity contribution in [3.63, 3.8) is 0 Å². The summed E-state index contributed by atoms with van der Waals surface area (Å²) in [5, 5.41) is 2.48. The molecule has 19 heavy (non-hydrogen) atoms. The van der Waals surface area contributed by atoms with Crippen LogP contribution in [0.25, 0.3) is 0 Å². The van der Waals surface area contributed by atoms with Crippen molar-refractivity contribution in [3.8, 4) is 11.5 Å². The van der Waals surface area contributed by atoms with Crippen molar-refractivity contribution in [2.24, 2.45) is 5.92 Å². The quantitative estimate of drug-likeness (QED) is 0.886. The molecule has 1 saturated carbocycles. The number of hydrogen-bond donors (Lipinski definition) is 1. The van der Waals surface area contributed by atoms with Crippen LogP contribution in [0, 0.1) is 5.92 Å². The zero-order valence-corrected chi connectivity index (χ0v) is 12.3. The second kappa shape index (κ2) is 6.80. The Balaban J connectivity index is 1.98. The van der Waals surface area contributed by atoms with Crippen LogP contribution in [0.3, 0.4) is 0 Å². The molecule has 0 heterocycles. The number of nitrogens with two attached hydrogens (primary N) is 1. The minimum absolute atomic E-state index is 0.769. The van der Waals surface area contributed by atoms with E-state index in [9.17, 15) is 0 Å². The second-order valence-corrected chi connectivity index (χ2v) is 5.59. The summed E-state index contributed by atoms with van der Waals surface area (Å²) in [4.78, 5) is 0. The van der Waals surface area contributed by atoms with Crippen LogP contribution in [-0.4, -0.2) is 20.3 Å². The van der Waals surface area contributed by atoms with Gasteiger partial charge in [-0.25, -0.2) is 0 Å². The van der Waals surface area contributed by atoms with E-state index < -0.39 is 0 Å². The summed E-state index contributed by atoms with van der Waals surface area (Å²) in [6.07, 6.45) is 5.51. The Bertz CT molecular complexity index is 383. The minimum atomic E-state index is 0.769. The van der Waals surface area contributed by atoms with Gasteiger partial charge in [0.15, 0.2) is 0 Å². The molecule has 1 aliphatic rings. The lowest BCUT2D eigenvalue weighted by Gasteiger charge is -2.26. The van der Waals surface area contributed by atoms with Gasteiger partial charge in [-0.3, -0.25) is 0 Å². The molecule has 106 valence electrons. The van der Waals surface area contributed by atoms with Gasteiger partial charge in [0.25, 0.3) is 0 Å². The maximum absolute atomic E-state index is 5.32. The van der Waals surface area contributed by atoms with E-state index in [1.54, 1.807) is 14.2 Å². The summed E-state index contributed by atoms with van der Waals surface area (Å²) in [6.45, 7) is 3.38. The van der Waals surface area contributed by atoms with Crippen LogP contribution in [-0.2, 0) is 6.54 Å². The van der Waals surface area contributed by atoms with Crippen molar-refractivity contribution in [2.75, 3.05) is 14.2 Å². The Morgan fingerprint density at radius 2 is 1.68 bits per heavy atom. The molecule has 0 aromatic heterocycles. The average Bonchev–Trinajstić information content (AvgIpc) is 2.46. The summed E-state index contributed by atoms with van der Waals surface area (Å²) < 4.78 is 10.6. The molecular formula is C16H26NO2+. The molecule has 1 aliphatic carbocycles. The number of hydrogen-bond acceptors (Lipinski definition) is 2. The number of benzene rings is 1. The van der Waals surface area contributed by atoms with Gasteiger partial charge in [0.05, 0.1) is 20.3 Å². The monoisotopic (exact) mass is 264 g/mol. The highest BCUT2D eigenvalue weighted by molar-refractivity contribution is 5.38. The first kappa shape index (κ1) is 14.2. The molecule has 1 aromatic rings. The summed E-state index contributed by atoms with van der Waals surface area (Å²) >= 11 is 0. The number of quaternary nitrogens is 1. The highest BCUT2D eigenvalue weighted by Crippen LogP contribution is 2.23. The van der Waals surface area contributed by atoms with Gasteiger partial charge in [-0.2, -0.15) is 0 Å². The topological polar surface area (TPSA) is 35.1 Å². The van der Waals surface area contributed by atoms with Gasteiger partial charge < -0.3 is 14.8 Å². The lowest BCUT2D eigenvalue weighted by molar-refractivity contribution is -0.712. The molecule has 2 atom stereocenters. The van der Waals surface area contributed by atoms with Crippen molar-refractivity contribution in [1.29, 1.82) is 0 Å². The van der Waals surface area contributed by atoms with Gasteiger partial charge >= 0.3 is 0 Å². The predicted molar refractivity (Wildman–Crippen MR) is 76.6 cm³/mol. The fourth-order valence-corrected chi connectivity index (χ4v) is 2.97. The molecule has 3 heteroatoms. The molecule has 0 aliphatic heterocycles. The maximum atomic E-state index is 5.32. The molecule has 0 amide bonds. The summed E-state index contributed by atoms with van der Waals surface area (Å²) in [5.74, 6) is 2.58. The van der Waals surface area contributed by atoms with E-state index >= 15 is 0 Å². The maximum Gasteiger partial charge on any atom is 0.123 e. The van der Waals surface area contributed by atoms with Gasteiger partial charge in [0.1, 0.15) is 18.0 Å². The van der Waals surface area contributed by atoms with Gasteiger partial charge in [-0.15, -0.1) is 0 Å². The third-order valence-corrected chi connectivity index (χ3v) is 4.25. The van der Waals surface area contributed by atoms with Crippen LogP contribution < -0.4 is 14.8 Å². The first-order valence-electron chi connectivity index (χ1n) is 7.28. The van der Waals surface area contributed by atoms with Crippen molar-refractivity contribution in [1.82, 2.24) is 0 Å². The molecule has 3 nitrogen and oxygen atoms in total. The van der Waals surface area contributed by atoms with Crippen molar-refractivity contribution >= 4 is 0 Å². The van der Waals surface area contributed by atoms with E-state index in [1.807, 2.05) is 6.07 Å². The van der Waals surface area contributed by atoms with Crippen LogP contribution in [0.15, 0.2) is 18.2 Å². The lowest BCUT2D eigenvalue weighted by Crippen LogP contribution is -2.90. The van der Waals surface area contributed by atoms with Crippen molar-refractivity contribution in [3.05, 3.63) is 23.8 Å². The molecule has 0 radical (unpaired) electrons. The first-order chi connectivity index (χ1) is 9.22. The molecule has 0 unspecified atom stereocenters. The third-order valence-electron chi connectivity index (χ3n) is 4.25. The molecule has 1 fully saturated rings. The Hall–Kier alpha value is -1.22. The van der Waals surface area contributed by atoms with E-state index in [0.29, 0.717) is 0 Å². The van der Waals surface area contributed by atoms with Crippen LogP contribution >= 0.6 is 0 Å². The number of rotatable bonds is 5. The zero-order chi connectivity index (χ0) is 13.7. The molecule has 0 bridgehead atoms. The summed E-state index contributed by atoms with van der Waals surface area (Å²) in [7, 11) is 3.40. The van der Waals surface area contributed by atoms with Crippen LogP contribution in [0.5, 0.6) is 11.5 Å². The minimum Gasteiger partial charge on any atom is -0.497 e. The normalized spacial score (nSPS) is 23.1. The molecule has 0 saturated heterocycles. The Kier molecular flexibility index (Phi) is 5.08. The van der Waals surface area contributed by atoms with Gasteiger partial charge in [0.2, 0.25) is 0 Å². The van der Waals surface area contributed by atoms with E-state index in [4.69, 9.17) is 9.47 Å². The highest BCUT2D eigenvalue weighted by atomic mass is 16.5. The van der Waals surface area contributed by atoms with Crippen LogP contribution in [0.2, 0.25) is 0 Å². The van der Waals surface area contributed by atoms with E-state index in [2.05, 4.69) is 24.4 Å². The van der Waals surface area contributed by atoms with Crippen molar-refractivity contribution < 1.29 is 14.8 Å². The van der Waals surface area contributed by atoms with Gasteiger partial charge in [0, 0.05) is 17.5 Å². The predicted octanol–water partition coefficient (Wildman–Crippen LogP) is 2.35. The Morgan fingerprint density at radius 1 is 1.05 bits per heavy atom. The molecule has 0 spiro atoms. The standard InChI is InChI=1S/C16H25NO2/c1-12-6-4-5-7-16(12)17-11-13-8-14(18-2)10-15(9-13)19-3/h8-10,12,16-17H,4-7,11H2,1-3H3/p+1/t12-,16-/m0/s1. The molecule has 2 rings (SSSR count). The Labute approximate surface area is 116 Å². The Morgan fingerprint density at radius 3 is 2.26 bits per heavy atom. The molecular weight excluding hydrogens is 238 g/mol. The fraction of sp³-hybridized carbons (Fsp3) is 0.625. The third kappa shape index (κ3) is 3.87. The second-order valence-electron chi connectivity index (χ2n) is 5.59. The van der Waals surface area contributed by atoms with Crippen LogP contribution in [0.1, 0.15) is 38.2 Å². The molecule has 1 aromatic carbocycles. The van der Waals surface area contributed by atoms with E-state index in [1.165, 1.54) is 31.2 Å². The SMILES string of the molecule is COc1cc(C[NH2+][C@H]2CCCC[C@@H]2C)cc(OC)c1. The molecule has 2 N–H and O–H groups in total. The van der Waals surface area contributed by atoms with E-state index in [0.717, 1.165) is 30.0 Å². The number of methoxy groups -OCH3 is 2. The average molecular weight is 264 g/mol. The van der Waals surface area contributed by atoms with Gasteiger partial charge in [-0.1, -0.05) is 13.3 Å². The summed E-state index contributed by atoms with van der Waals surface area (Å²) in [5.41, 5.74) is 1.27. The van der Waals surface area contributed by atoms with E-state index in [-0.39, 0.29) is 0 Å². The number of ether oxygens (including phenoxy) is 2. The van der Waals surface area contributed by atoms with Gasteiger partial charge in [-0.05, 0) is 31.4 Å². The highest BCUT2D eigenvalue weighted by Gasteiger charge is 2.23. The summed E-state index contributed by atoms with van der Waals surface area (Å²) in [6, 6.07) is 6.90. The lowest BCUT2D eigenvalue weighted by atomic mass is 9.86. The fourth-order valence-electron chi connectivity index (χ4n) is 2.97.